The Morgan fingerprint density at radius 2 is 1.79 bits per heavy atom. The van der Waals surface area contributed by atoms with Gasteiger partial charge in [-0.2, -0.15) is 21.6 Å². The molecule has 0 amide bonds. The van der Waals surface area contributed by atoms with Gasteiger partial charge in [0.1, 0.15) is 13.2 Å². The Hall–Kier alpha value is -1.87. The van der Waals surface area contributed by atoms with E-state index in [9.17, 15) is 21.6 Å². The maximum absolute atomic E-state index is 12.6. The zero-order chi connectivity index (χ0) is 17.8. The number of hydrogen-bond donors (Lipinski definition) is 0. The molecule has 0 spiro atoms. The van der Waals surface area contributed by atoms with E-state index in [1.807, 2.05) is 4.58 Å². The fraction of sp³-hybridized carbons (Fsp3) is 0.400. The standard InChI is InChI=1S/C15H17F3NO4S/c1-12(19-7-9-22-10-8-19)11-14(13-5-3-2-4-6-13)23-24(20,21)15(16,17)18/h2-6,11H,7-10H2,1H3/q+1/b14-11+. The van der Waals surface area contributed by atoms with Gasteiger partial charge in [-0.1, -0.05) is 30.3 Å². The van der Waals surface area contributed by atoms with E-state index in [0.717, 1.165) is 0 Å². The van der Waals surface area contributed by atoms with Crippen molar-refractivity contribution in [3.63, 3.8) is 0 Å². The number of hydrogen-bond acceptors (Lipinski definition) is 4. The molecule has 1 aliphatic heterocycles. The van der Waals surface area contributed by atoms with Crippen molar-refractivity contribution in [3.8, 4) is 0 Å². The van der Waals surface area contributed by atoms with Crippen molar-refractivity contribution in [2.75, 3.05) is 26.3 Å². The third-order valence-corrected chi connectivity index (χ3v) is 4.36. The SMILES string of the molecule is CC(/C=C(/OS(=O)(=O)C(F)(F)F)c1ccccc1)=[N+]1CCOCC1. The van der Waals surface area contributed by atoms with Crippen LogP contribution in [-0.4, -0.2) is 50.5 Å². The second-order valence-electron chi connectivity index (χ2n) is 5.10. The highest BCUT2D eigenvalue weighted by molar-refractivity contribution is 7.87. The van der Waals surface area contributed by atoms with Crippen molar-refractivity contribution >= 4 is 21.6 Å². The van der Waals surface area contributed by atoms with E-state index in [2.05, 4.69) is 4.18 Å². The molecule has 0 bridgehead atoms. The Bertz CT molecular complexity index is 732. The van der Waals surface area contributed by atoms with Crippen LogP contribution in [0.25, 0.3) is 5.76 Å². The molecule has 1 aromatic rings. The molecule has 5 nitrogen and oxygen atoms in total. The molecule has 24 heavy (non-hydrogen) atoms. The van der Waals surface area contributed by atoms with E-state index in [0.29, 0.717) is 32.0 Å². The average molecular weight is 364 g/mol. The third kappa shape index (κ3) is 4.57. The van der Waals surface area contributed by atoms with Crippen molar-refractivity contribution in [3.05, 3.63) is 42.0 Å². The van der Waals surface area contributed by atoms with Gasteiger partial charge in [0.2, 0.25) is 0 Å². The van der Waals surface area contributed by atoms with Crippen LogP contribution in [0.15, 0.2) is 36.4 Å². The van der Waals surface area contributed by atoms with Crippen LogP contribution in [0.1, 0.15) is 12.5 Å². The average Bonchev–Trinajstić information content (AvgIpc) is 2.54. The summed E-state index contributed by atoms with van der Waals surface area (Å²) in [6.07, 6.45) is 1.30. The summed E-state index contributed by atoms with van der Waals surface area (Å²) in [5.41, 5.74) is -4.67. The summed E-state index contributed by atoms with van der Waals surface area (Å²) < 4.78 is 72.1. The first kappa shape index (κ1) is 18.5. The van der Waals surface area contributed by atoms with Gasteiger partial charge in [0.15, 0.2) is 24.6 Å². The normalized spacial score (nSPS) is 16.8. The molecule has 0 unspecified atom stereocenters. The molecule has 1 saturated heterocycles. The summed E-state index contributed by atoms with van der Waals surface area (Å²) in [5.74, 6) is -0.378. The van der Waals surface area contributed by atoms with Crippen molar-refractivity contribution in [1.29, 1.82) is 0 Å². The number of halogens is 3. The maximum atomic E-state index is 12.6. The highest BCUT2D eigenvalue weighted by atomic mass is 32.2. The highest BCUT2D eigenvalue weighted by Gasteiger charge is 2.49. The topological polar surface area (TPSA) is 55.6 Å². The number of allylic oxidation sites excluding steroid dienone is 1. The number of alkyl halides is 3. The first-order valence-corrected chi connectivity index (χ1v) is 8.55. The predicted octanol–water partition coefficient (Wildman–Crippen LogP) is 2.40. The van der Waals surface area contributed by atoms with Gasteiger partial charge in [-0.25, -0.2) is 4.58 Å². The maximum Gasteiger partial charge on any atom is 0.534 e. The number of morpholine rings is 1. The lowest BCUT2D eigenvalue weighted by Gasteiger charge is -2.14. The fourth-order valence-corrected chi connectivity index (χ4v) is 2.60. The molecule has 0 aromatic heterocycles. The molecule has 9 heteroatoms. The molecule has 0 atom stereocenters. The van der Waals surface area contributed by atoms with Crippen LogP contribution in [0.4, 0.5) is 13.2 Å². The van der Waals surface area contributed by atoms with Crippen LogP contribution in [0.2, 0.25) is 0 Å². The van der Waals surface area contributed by atoms with Crippen molar-refractivity contribution in [2.24, 2.45) is 0 Å². The molecular weight excluding hydrogens is 347 g/mol. The number of nitrogens with zero attached hydrogens (tertiary/aromatic N) is 1. The van der Waals surface area contributed by atoms with E-state index >= 15 is 0 Å². The number of ether oxygens (including phenoxy) is 1. The minimum Gasteiger partial charge on any atom is -0.375 e. The molecule has 132 valence electrons. The fourth-order valence-electron chi connectivity index (χ4n) is 2.12. The number of benzene rings is 1. The Labute approximate surface area is 138 Å². The molecule has 2 rings (SSSR count). The molecule has 0 aliphatic carbocycles. The summed E-state index contributed by atoms with van der Waals surface area (Å²) in [7, 11) is -5.75. The molecule has 0 radical (unpaired) electrons. The zero-order valence-electron chi connectivity index (χ0n) is 12.9. The minimum absolute atomic E-state index is 0.234. The lowest BCUT2D eigenvalue weighted by atomic mass is 10.1. The first-order chi connectivity index (χ1) is 11.2. The first-order valence-electron chi connectivity index (χ1n) is 7.15. The van der Waals surface area contributed by atoms with Crippen molar-refractivity contribution in [1.82, 2.24) is 0 Å². The summed E-state index contributed by atoms with van der Waals surface area (Å²) in [6.45, 7) is 3.80. The van der Waals surface area contributed by atoms with Gasteiger partial charge in [0.05, 0.1) is 0 Å². The number of rotatable bonds is 4. The van der Waals surface area contributed by atoms with Crippen LogP contribution in [0.5, 0.6) is 0 Å². The van der Waals surface area contributed by atoms with Crippen LogP contribution >= 0.6 is 0 Å². The van der Waals surface area contributed by atoms with Crippen LogP contribution < -0.4 is 0 Å². The van der Waals surface area contributed by atoms with E-state index in [-0.39, 0.29) is 11.3 Å². The molecule has 0 N–H and O–H groups in total. The largest absolute Gasteiger partial charge is 0.534 e. The lowest BCUT2D eigenvalue weighted by molar-refractivity contribution is -0.548. The van der Waals surface area contributed by atoms with E-state index in [1.165, 1.54) is 18.2 Å². The van der Waals surface area contributed by atoms with Gasteiger partial charge in [-0.3, -0.25) is 0 Å². The highest BCUT2D eigenvalue weighted by Crippen LogP contribution is 2.29. The minimum atomic E-state index is -5.75. The summed E-state index contributed by atoms with van der Waals surface area (Å²) in [6, 6.07) is 7.78. The molecule has 1 heterocycles. The van der Waals surface area contributed by atoms with E-state index < -0.39 is 15.6 Å². The Morgan fingerprint density at radius 1 is 1.21 bits per heavy atom. The Balaban J connectivity index is 2.43. The smallest absolute Gasteiger partial charge is 0.375 e. The molecule has 1 aliphatic rings. The second kappa shape index (κ2) is 7.35. The van der Waals surface area contributed by atoms with Gasteiger partial charge < -0.3 is 8.92 Å². The van der Waals surface area contributed by atoms with E-state index in [4.69, 9.17) is 4.74 Å². The Kier molecular flexibility index (Phi) is 5.66. The van der Waals surface area contributed by atoms with Gasteiger partial charge in [0, 0.05) is 18.6 Å². The van der Waals surface area contributed by atoms with Crippen molar-refractivity contribution < 1.29 is 35.1 Å². The summed E-state index contributed by atoms with van der Waals surface area (Å²) in [4.78, 5) is 0. The third-order valence-electron chi connectivity index (χ3n) is 3.39. The predicted molar refractivity (Wildman–Crippen MR) is 82.0 cm³/mol. The van der Waals surface area contributed by atoms with Gasteiger partial charge in [-0.15, -0.1) is 0 Å². The van der Waals surface area contributed by atoms with Crippen molar-refractivity contribution in [2.45, 2.75) is 12.4 Å². The monoisotopic (exact) mass is 364 g/mol. The quantitative estimate of drug-likeness (QED) is 0.356. The second-order valence-corrected chi connectivity index (χ2v) is 6.64. The van der Waals surface area contributed by atoms with Crippen LogP contribution in [-0.2, 0) is 19.0 Å². The van der Waals surface area contributed by atoms with Crippen LogP contribution in [0.3, 0.4) is 0 Å². The summed E-state index contributed by atoms with van der Waals surface area (Å²) >= 11 is 0. The molecular formula is C15H17F3NO4S+. The summed E-state index contributed by atoms with van der Waals surface area (Å²) in [5, 5.41) is 0. The van der Waals surface area contributed by atoms with Gasteiger partial charge in [-0.05, 0) is 0 Å². The lowest BCUT2D eigenvalue weighted by Crippen LogP contribution is -2.32. The molecule has 0 saturated carbocycles. The van der Waals surface area contributed by atoms with Gasteiger partial charge in [0.25, 0.3) is 0 Å². The molecule has 1 aromatic carbocycles. The van der Waals surface area contributed by atoms with Crippen LogP contribution in [0, 0.1) is 0 Å². The Morgan fingerprint density at radius 3 is 2.33 bits per heavy atom. The van der Waals surface area contributed by atoms with Gasteiger partial charge >= 0.3 is 15.6 Å². The zero-order valence-corrected chi connectivity index (χ0v) is 13.7. The molecule has 1 fully saturated rings. The van der Waals surface area contributed by atoms with E-state index in [1.54, 1.807) is 25.1 Å².